The van der Waals surface area contributed by atoms with Gasteiger partial charge in [0.05, 0.1) is 22.9 Å². The fourth-order valence-corrected chi connectivity index (χ4v) is 4.48. The minimum absolute atomic E-state index is 0.158. The van der Waals surface area contributed by atoms with Crippen molar-refractivity contribution >= 4 is 5.91 Å². The van der Waals surface area contributed by atoms with E-state index in [1.54, 1.807) is 18.2 Å². The number of imidazole rings is 1. The van der Waals surface area contributed by atoms with Crippen molar-refractivity contribution in [1.82, 2.24) is 25.1 Å². The van der Waals surface area contributed by atoms with Crippen LogP contribution in [0, 0.1) is 18.3 Å². The van der Waals surface area contributed by atoms with Crippen LogP contribution < -0.4 is 10.6 Å². The number of alkyl halides is 3. The first-order valence-corrected chi connectivity index (χ1v) is 12.1. The molecule has 10 heteroatoms. The number of halogens is 3. The molecule has 4 rings (SSSR count). The Labute approximate surface area is 213 Å². The molecular formula is C27H29F3N6O. The van der Waals surface area contributed by atoms with Gasteiger partial charge in [0, 0.05) is 45.5 Å². The van der Waals surface area contributed by atoms with Crippen LogP contribution in [0.15, 0.2) is 54.7 Å². The van der Waals surface area contributed by atoms with Crippen molar-refractivity contribution in [3.8, 4) is 6.07 Å². The molecule has 1 amide bonds. The highest BCUT2D eigenvalue weighted by Gasteiger charge is 2.31. The molecule has 3 aromatic rings. The van der Waals surface area contributed by atoms with Gasteiger partial charge in [0.1, 0.15) is 11.9 Å². The summed E-state index contributed by atoms with van der Waals surface area (Å²) < 4.78 is 41.0. The number of carbonyl (C=O) groups is 1. The van der Waals surface area contributed by atoms with Crippen LogP contribution in [0.25, 0.3) is 0 Å². The van der Waals surface area contributed by atoms with E-state index in [0.29, 0.717) is 43.7 Å². The van der Waals surface area contributed by atoms with Crippen molar-refractivity contribution < 1.29 is 18.0 Å². The Hall–Kier alpha value is -3.68. The molecule has 194 valence electrons. The van der Waals surface area contributed by atoms with Gasteiger partial charge in [0.15, 0.2) is 0 Å². The molecule has 1 aromatic heterocycles. The van der Waals surface area contributed by atoms with Crippen molar-refractivity contribution in [1.29, 1.82) is 5.26 Å². The summed E-state index contributed by atoms with van der Waals surface area (Å²) in [6, 6.07) is 14.3. The van der Waals surface area contributed by atoms with E-state index in [1.165, 1.54) is 6.07 Å². The van der Waals surface area contributed by atoms with Gasteiger partial charge in [-0.15, -0.1) is 0 Å². The highest BCUT2D eigenvalue weighted by Crippen LogP contribution is 2.29. The van der Waals surface area contributed by atoms with Crippen LogP contribution in [0.2, 0.25) is 0 Å². The van der Waals surface area contributed by atoms with Gasteiger partial charge in [-0.05, 0) is 42.7 Å². The lowest BCUT2D eigenvalue weighted by Gasteiger charge is -2.35. The molecule has 7 nitrogen and oxygen atoms in total. The predicted octanol–water partition coefficient (Wildman–Crippen LogP) is 3.26. The molecule has 1 atom stereocenters. The second-order valence-corrected chi connectivity index (χ2v) is 9.12. The van der Waals surface area contributed by atoms with Crippen LogP contribution in [0.4, 0.5) is 13.2 Å². The van der Waals surface area contributed by atoms with Gasteiger partial charge in [-0.25, -0.2) is 4.98 Å². The number of benzene rings is 2. The third-order valence-corrected chi connectivity index (χ3v) is 6.55. The van der Waals surface area contributed by atoms with Crippen LogP contribution in [0.5, 0.6) is 0 Å². The number of nitriles is 1. The number of hydrogen-bond acceptors (Lipinski definition) is 5. The van der Waals surface area contributed by atoms with E-state index in [1.807, 2.05) is 25.3 Å². The van der Waals surface area contributed by atoms with Crippen molar-refractivity contribution in [2.75, 3.05) is 26.2 Å². The molecule has 0 spiro atoms. The summed E-state index contributed by atoms with van der Waals surface area (Å²) in [5.41, 5.74) is 2.47. The zero-order valence-electron chi connectivity index (χ0n) is 20.6. The van der Waals surface area contributed by atoms with E-state index in [2.05, 4.69) is 31.2 Å². The van der Waals surface area contributed by atoms with Gasteiger partial charge in [-0.1, -0.05) is 30.3 Å². The summed E-state index contributed by atoms with van der Waals surface area (Å²) in [5.74, 6) is 0.700. The molecule has 0 radical (unpaired) electrons. The maximum Gasteiger partial charge on any atom is 0.416 e. The van der Waals surface area contributed by atoms with E-state index in [4.69, 9.17) is 5.26 Å². The molecule has 1 saturated heterocycles. The summed E-state index contributed by atoms with van der Waals surface area (Å²) >= 11 is 0. The Morgan fingerprint density at radius 2 is 1.97 bits per heavy atom. The van der Waals surface area contributed by atoms with Crippen molar-refractivity contribution in [2.24, 2.45) is 0 Å². The van der Waals surface area contributed by atoms with Gasteiger partial charge < -0.3 is 15.2 Å². The summed E-state index contributed by atoms with van der Waals surface area (Å²) in [7, 11) is 0. The Morgan fingerprint density at radius 3 is 2.70 bits per heavy atom. The lowest BCUT2D eigenvalue weighted by Crippen LogP contribution is -2.57. The molecule has 1 aliphatic heterocycles. The van der Waals surface area contributed by atoms with Crippen LogP contribution in [-0.2, 0) is 30.5 Å². The Bertz CT molecular complexity index is 1260. The summed E-state index contributed by atoms with van der Waals surface area (Å²) in [4.78, 5) is 19.6. The molecule has 1 fully saturated rings. The molecule has 1 unspecified atom stereocenters. The predicted molar refractivity (Wildman–Crippen MR) is 132 cm³/mol. The highest BCUT2D eigenvalue weighted by atomic mass is 19.4. The molecule has 0 saturated carbocycles. The minimum Gasteiger partial charge on any atom is -0.354 e. The van der Waals surface area contributed by atoms with Gasteiger partial charge in [-0.2, -0.15) is 18.4 Å². The number of amides is 1. The van der Waals surface area contributed by atoms with E-state index >= 15 is 0 Å². The summed E-state index contributed by atoms with van der Waals surface area (Å²) in [6.45, 7) is 5.22. The average Bonchev–Trinajstić information content (AvgIpc) is 3.23. The number of hydrogen-bond donors (Lipinski definition) is 2. The molecule has 37 heavy (non-hydrogen) atoms. The molecule has 2 N–H and O–H groups in total. The zero-order chi connectivity index (χ0) is 26.4. The SMILES string of the molecule is Cc1ncc(CN2CCNCC2C(=O)NCCc2cccc(C(F)(F)F)c2)n1Cc1ccc(C#N)cc1. The van der Waals surface area contributed by atoms with E-state index < -0.39 is 17.8 Å². The van der Waals surface area contributed by atoms with Crippen molar-refractivity contribution in [3.63, 3.8) is 0 Å². The van der Waals surface area contributed by atoms with Gasteiger partial charge in [-0.3, -0.25) is 9.69 Å². The molecule has 2 heterocycles. The van der Waals surface area contributed by atoms with E-state index in [0.717, 1.165) is 35.8 Å². The number of aromatic nitrogens is 2. The largest absolute Gasteiger partial charge is 0.416 e. The third-order valence-electron chi connectivity index (χ3n) is 6.55. The van der Waals surface area contributed by atoms with Crippen molar-refractivity contribution in [2.45, 2.75) is 38.7 Å². The molecular weight excluding hydrogens is 481 g/mol. The average molecular weight is 511 g/mol. The molecule has 0 bridgehead atoms. The number of rotatable bonds is 8. The second-order valence-electron chi connectivity index (χ2n) is 9.12. The highest BCUT2D eigenvalue weighted by molar-refractivity contribution is 5.82. The van der Waals surface area contributed by atoms with Gasteiger partial charge in [0.2, 0.25) is 5.91 Å². The molecule has 1 aliphatic rings. The fourth-order valence-electron chi connectivity index (χ4n) is 4.48. The standard InChI is InChI=1S/C27H29F3N6O/c1-19-34-15-24(36(19)17-22-7-5-21(14-31)6-8-22)18-35-12-11-32-16-25(35)26(37)33-10-9-20-3-2-4-23(13-20)27(28,29)30/h2-8,13,15,25,32H,9-12,16-18H2,1H3,(H,33,37). The fraction of sp³-hybridized carbons (Fsp3) is 0.370. The first-order valence-electron chi connectivity index (χ1n) is 12.1. The van der Waals surface area contributed by atoms with E-state index in [-0.39, 0.29) is 12.5 Å². The minimum atomic E-state index is -4.39. The van der Waals surface area contributed by atoms with Crippen LogP contribution in [0.1, 0.15) is 33.8 Å². The molecule has 2 aromatic carbocycles. The summed E-state index contributed by atoms with van der Waals surface area (Å²) in [5, 5.41) is 15.2. The number of nitrogens with zero attached hydrogens (tertiary/aromatic N) is 4. The second kappa shape index (κ2) is 11.6. The Balaban J connectivity index is 1.38. The Kier molecular flexibility index (Phi) is 8.26. The van der Waals surface area contributed by atoms with Gasteiger partial charge >= 0.3 is 6.18 Å². The lowest BCUT2D eigenvalue weighted by molar-refractivity contribution is -0.137. The third kappa shape index (κ3) is 6.76. The van der Waals surface area contributed by atoms with Crippen LogP contribution >= 0.6 is 0 Å². The maximum absolute atomic E-state index is 13.0. The summed E-state index contributed by atoms with van der Waals surface area (Å²) in [6.07, 6.45) is -2.26. The van der Waals surface area contributed by atoms with Gasteiger partial charge in [0.25, 0.3) is 0 Å². The number of piperazine rings is 1. The molecule has 0 aliphatic carbocycles. The monoisotopic (exact) mass is 510 g/mol. The quantitative estimate of drug-likeness (QED) is 0.486. The smallest absolute Gasteiger partial charge is 0.354 e. The zero-order valence-corrected chi connectivity index (χ0v) is 20.6. The van der Waals surface area contributed by atoms with E-state index in [9.17, 15) is 18.0 Å². The first kappa shape index (κ1) is 26.4. The van der Waals surface area contributed by atoms with Crippen LogP contribution in [0.3, 0.4) is 0 Å². The number of aryl methyl sites for hydroxylation is 1. The van der Waals surface area contributed by atoms with Crippen LogP contribution in [-0.4, -0.2) is 52.6 Å². The lowest BCUT2D eigenvalue weighted by atomic mass is 10.1. The number of carbonyl (C=O) groups excluding carboxylic acids is 1. The topological polar surface area (TPSA) is 86.0 Å². The normalized spacial score (nSPS) is 16.4. The Morgan fingerprint density at radius 1 is 1.19 bits per heavy atom. The number of nitrogens with one attached hydrogen (secondary N) is 2. The maximum atomic E-state index is 13.0. The van der Waals surface area contributed by atoms with Crippen molar-refractivity contribution in [3.05, 3.63) is 88.5 Å². The first-order chi connectivity index (χ1) is 17.7.